The number of carbonyl (C=O) groups excluding carboxylic acids is 2. The van der Waals surface area contributed by atoms with Crippen LogP contribution in [0.4, 0.5) is 10.1 Å². The summed E-state index contributed by atoms with van der Waals surface area (Å²) in [5.41, 5.74) is 1.22. The first-order chi connectivity index (χ1) is 15.0. The Balaban J connectivity index is 1.44. The number of nitrogens with one attached hydrogen (secondary N) is 1. The number of aromatic nitrogens is 2. The van der Waals surface area contributed by atoms with Gasteiger partial charge in [0, 0.05) is 12.2 Å². The van der Waals surface area contributed by atoms with Crippen LogP contribution in [0, 0.1) is 5.82 Å². The fourth-order valence-corrected chi connectivity index (χ4v) is 4.48. The van der Waals surface area contributed by atoms with Crippen LogP contribution in [-0.2, 0) is 11.2 Å². The van der Waals surface area contributed by atoms with Gasteiger partial charge in [-0.25, -0.2) is 4.39 Å². The molecule has 1 aliphatic rings. The van der Waals surface area contributed by atoms with Gasteiger partial charge in [-0.05, 0) is 48.7 Å². The molecule has 0 spiro atoms. The second-order valence-corrected chi connectivity index (χ2v) is 8.19. The number of benzene rings is 2. The standard InChI is InChI=1S/C22H21FN4O3S/c1-30-17-8-2-5-14(11-17)12-19(28)27-10-4-9-18(27)21-25-26-22(31-21)20(29)24-16-7-3-6-15(23)13-16/h2-3,5-8,11,13,18H,4,9-10,12H2,1H3,(H,24,29)/t18-/m0/s1. The van der Waals surface area contributed by atoms with E-state index in [0.29, 0.717) is 23.0 Å². The van der Waals surface area contributed by atoms with Crippen molar-refractivity contribution in [2.24, 2.45) is 0 Å². The molecule has 1 aromatic heterocycles. The number of methoxy groups -OCH3 is 1. The van der Waals surface area contributed by atoms with Crippen LogP contribution >= 0.6 is 11.3 Å². The van der Waals surface area contributed by atoms with E-state index in [1.54, 1.807) is 18.1 Å². The number of hydrogen-bond acceptors (Lipinski definition) is 6. The Kier molecular flexibility index (Phi) is 6.22. The van der Waals surface area contributed by atoms with Gasteiger partial charge in [-0.3, -0.25) is 9.59 Å². The monoisotopic (exact) mass is 440 g/mol. The molecule has 1 saturated heterocycles. The number of anilines is 1. The third-order valence-electron chi connectivity index (χ3n) is 5.07. The molecule has 0 aliphatic carbocycles. The Morgan fingerprint density at radius 3 is 2.87 bits per heavy atom. The first-order valence-electron chi connectivity index (χ1n) is 9.86. The van der Waals surface area contributed by atoms with Crippen LogP contribution in [0.15, 0.2) is 48.5 Å². The average Bonchev–Trinajstić information content (AvgIpc) is 3.43. The van der Waals surface area contributed by atoms with Crippen LogP contribution in [0.1, 0.15) is 39.3 Å². The SMILES string of the molecule is COc1cccc(CC(=O)N2CCC[C@H]2c2nnc(C(=O)Nc3cccc(F)c3)s2)c1. The number of nitrogens with zero attached hydrogens (tertiary/aromatic N) is 3. The number of carbonyl (C=O) groups is 2. The maximum atomic E-state index is 13.3. The maximum absolute atomic E-state index is 13.3. The predicted molar refractivity (Wildman–Crippen MR) is 115 cm³/mol. The van der Waals surface area contributed by atoms with Crippen molar-refractivity contribution >= 4 is 28.8 Å². The summed E-state index contributed by atoms with van der Waals surface area (Å²) in [6.45, 7) is 0.637. The van der Waals surface area contributed by atoms with E-state index in [1.165, 1.54) is 18.2 Å². The van der Waals surface area contributed by atoms with Crippen LogP contribution in [-0.4, -0.2) is 40.6 Å². The molecule has 2 aromatic carbocycles. The average molecular weight is 441 g/mol. The normalized spacial score (nSPS) is 15.7. The second kappa shape index (κ2) is 9.22. The third kappa shape index (κ3) is 4.88. The first-order valence-corrected chi connectivity index (χ1v) is 10.7. The number of ether oxygens (including phenoxy) is 1. The van der Waals surface area contributed by atoms with Gasteiger partial charge in [0.1, 0.15) is 16.6 Å². The lowest BCUT2D eigenvalue weighted by Gasteiger charge is -2.22. The van der Waals surface area contributed by atoms with Crippen LogP contribution in [0.5, 0.6) is 5.75 Å². The lowest BCUT2D eigenvalue weighted by molar-refractivity contribution is -0.131. The summed E-state index contributed by atoms with van der Waals surface area (Å²) >= 11 is 1.15. The molecule has 9 heteroatoms. The quantitative estimate of drug-likeness (QED) is 0.630. The number of likely N-dealkylation sites (tertiary alicyclic amines) is 1. The molecule has 160 valence electrons. The smallest absolute Gasteiger partial charge is 0.286 e. The van der Waals surface area contributed by atoms with Gasteiger partial charge in [0.05, 0.1) is 19.6 Å². The van der Waals surface area contributed by atoms with Gasteiger partial charge in [0.2, 0.25) is 10.9 Å². The molecular formula is C22H21FN4O3S. The van der Waals surface area contributed by atoms with Crippen LogP contribution in [0.2, 0.25) is 0 Å². The van der Waals surface area contributed by atoms with E-state index in [0.717, 1.165) is 29.7 Å². The predicted octanol–water partition coefficient (Wildman–Crippen LogP) is 3.84. The highest BCUT2D eigenvalue weighted by atomic mass is 32.1. The summed E-state index contributed by atoms with van der Waals surface area (Å²) in [4.78, 5) is 27.2. The zero-order valence-electron chi connectivity index (χ0n) is 16.9. The molecule has 2 amide bonds. The molecule has 31 heavy (non-hydrogen) atoms. The lowest BCUT2D eigenvalue weighted by Crippen LogP contribution is -2.31. The summed E-state index contributed by atoms with van der Waals surface area (Å²) in [6.07, 6.45) is 1.89. The molecule has 0 bridgehead atoms. The third-order valence-corrected chi connectivity index (χ3v) is 6.09. The number of hydrogen-bond donors (Lipinski definition) is 1. The van der Waals surface area contributed by atoms with E-state index in [2.05, 4.69) is 15.5 Å². The summed E-state index contributed by atoms with van der Waals surface area (Å²) in [7, 11) is 1.59. The van der Waals surface area contributed by atoms with E-state index >= 15 is 0 Å². The lowest BCUT2D eigenvalue weighted by atomic mass is 10.1. The first kappa shape index (κ1) is 20.9. The van der Waals surface area contributed by atoms with Crippen molar-refractivity contribution in [2.45, 2.75) is 25.3 Å². The molecule has 3 aromatic rings. The topological polar surface area (TPSA) is 84.4 Å². The Labute approximate surface area is 182 Å². The van der Waals surface area contributed by atoms with Crippen LogP contribution in [0.3, 0.4) is 0 Å². The number of rotatable bonds is 6. The highest BCUT2D eigenvalue weighted by Gasteiger charge is 2.33. The van der Waals surface area contributed by atoms with Crippen molar-refractivity contribution < 1.29 is 18.7 Å². The van der Waals surface area contributed by atoms with E-state index in [4.69, 9.17) is 4.74 Å². The fourth-order valence-electron chi connectivity index (χ4n) is 3.59. The van der Waals surface area contributed by atoms with Crippen molar-refractivity contribution in [3.63, 3.8) is 0 Å². The summed E-state index contributed by atoms with van der Waals surface area (Å²) in [5, 5.41) is 11.6. The molecule has 0 radical (unpaired) electrons. The van der Waals surface area contributed by atoms with Gasteiger partial charge in [-0.15, -0.1) is 10.2 Å². The van der Waals surface area contributed by atoms with Crippen molar-refractivity contribution in [2.75, 3.05) is 19.0 Å². The van der Waals surface area contributed by atoms with Gasteiger partial charge in [0.15, 0.2) is 0 Å². The van der Waals surface area contributed by atoms with E-state index in [-0.39, 0.29) is 23.4 Å². The second-order valence-electron chi connectivity index (χ2n) is 7.18. The Hall–Kier alpha value is -3.33. The van der Waals surface area contributed by atoms with Gasteiger partial charge < -0.3 is 15.0 Å². The maximum Gasteiger partial charge on any atom is 0.286 e. The molecule has 1 N–H and O–H groups in total. The van der Waals surface area contributed by atoms with E-state index < -0.39 is 11.7 Å². The molecule has 1 aliphatic heterocycles. The number of amides is 2. The minimum Gasteiger partial charge on any atom is -0.497 e. The van der Waals surface area contributed by atoms with E-state index in [9.17, 15) is 14.0 Å². The van der Waals surface area contributed by atoms with Crippen molar-refractivity contribution in [3.05, 3.63) is 69.9 Å². The molecule has 2 heterocycles. The highest BCUT2D eigenvalue weighted by molar-refractivity contribution is 7.13. The zero-order chi connectivity index (χ0) is 21.8. The fraction of sp³-hybridized carbons (Fsp3) is 0.273. The Morgan fingerprint density at radius 1 is 1.23 bits per heavy atom. The van der Waals surface area contributed by atoms with Crippen molar-refractivity contribution in [1.29, 1.82) is 0 Å². The highest BCUT2D eigenvalue weighted by Crippen LogP contribution is 2.34. The molecule has 4 rings (SSSR count). The molecule has 1 atom stereocenters. The minimum absolute atomic E-state index is 0.00304. The molecule has 1 fully saturated rings. The minimum atomic E-state index is -0.457. The van der Waals surface area contributed by atoms with Gasteiger partial charge in [-0.1, -0.05) is 29.5 Å². The molecular weight excluding hydrogens is 419 g/mol. The molecule has 0 saturated carbocycles. The zero-order valence-corrected chi connectivity index (χ0v) is 17.7. The summed E-state index contributed by atoms with van der Waals surface area (Å²) < 4.78 is 18.6. The van der Waals surface area contributed by atoms with Crippen LogP contribution in [0.25, 0.3) is 0 Å². The largest absolute Gasteiger partial charge is 0.497 e. The summed E-state index contributed by atoms with van der Waals surface area (Å²) in [5.74, 6) is -0.188. The van der Waals surface area contributed by atoms with E-state index in [1.807, 2.05) is 24.3 Å². The summed E-state index contributed by atoms with van der Waals surface area (Å²) in [6, 6.07) is 12.9. The van der Waals surface area contributed by atoms with Crippen molar-refractivity contribution in [1.82, 2.24) is 15.1 Å². The van der Waals surface area contributed by atoms with Gasteiger partial charge in [0.25, 0.3) is 5.91 Å². The Bertz CT molecular complexity index is 1100. The Morgan fingerprint density at radius 2 is 2.06 bits per heavy atom. The van der Waals surface area contributed by atoms with Crippen molar-refractivity contribution in [3.8, 4) is 5.75 Å². The van der Waals surface area contributed by atoms with Gasteiger partial charge >= 0.3 is 0 Å². The van der Waals surface area contributed by atoms with Gasteiger partial charge in [-0.2, -0.15) is 0 Å². The number of halogens is 1. The van der Waals surface area contributed by atoms with Crippen LogP contribution < -0.4 is 10.1 Å². The molecule has 0 unspecified atom stereocenters. The molecule has 7 nitrogen and oxygen atoms in total.